The van der Waals surface area contributed by atoms with Crippen molar-refractivity contribution in [3.63, 3.8) is 0 Å². The minimum Gasteiger partial charge on any atom is -0.508 e. The second kappa shape index (κ2) is 10.4. The van der Waals surface area contributed by atoms with Gasteiger partial charge in [0.2, 0.25) is 0 Å². The zero-order valence-electron chi connectivity index (χ0n) is 16.3. The third-order valence-corrected chi connectivity index (χ3v) is 4.34. The van der Waals surface area contributed by atoms with Crippen molar-refractivity contribution < 1.29 is 14.6 Å². The maximum Gasteiger partial charge on any atom is 0.251 e. The highest BCUT2D eigenvalue weighted by Gasteiger charge is 2.11. The molecule has 2 rings (SSSR count). The molecule has 0 spiro atoms. The van der Waals surface area contributed by atoms with Gasteiger partial charge in [-0.15, -0.1) is 0 Å². The van der Waals surface area contributed by atoms with Crippen LogP contribution in [0.25, 0.3) is 5.57 Å². The Morgan fingerprint density at radius 3 is 2.56 bits per heavy atom. The van der Waals surface area contributed by atoms with E-state index in [1.54, 1.807) is 24.3 Å². The maximum atomic E-state index is 12.5. The summed E-state index contributed by atoms with van der Waals surface area (Å²) >= 11 is 0. The summed E-state index contributed by atoms with van der Waals surface area (Å²) in [6, 6.07) is 12.5. The number of ether oxygens (including phenoxy) is 1. The number of amides is 1. The summed E-state index contributed by atoms with van der Waals surface area (Å²) in [5.41, 5.74) is 3.49. The average Bonchev–Trinajstić information content (AvgIpc) is 2.66. The van der Waals surface area contributed by atoms with Crippen molar-refractivity contribution in [2.75, 3.05) is 13.2 Å². The minimum atomic E-state index is -0.125. The second-order valence-electron chi connectivity index (χ2n) is 6.72. The Labute approximate surface area is 161 Å². The van der Waals surface area contributed by atoms with Gasteiger partial charge in [0.1, 0.15) is 11.5 Å². The van der Waals surface area contributed by atoms with Crippen molar-refractivity contribution >= 4 is 11.5 Å². The Hall–Kier alpha value is -2.75. The third kappa shape index (κ3) is 6.48. The predicted octanol–water partition coefficient (Wildman–Crippen LogP) is 4.97. The first kappa shape index (κ1) is 20.6. The van der Waals surface area contributed by atoms with Gasteiger partial charge in [-0.2, -0.15) is 0 Å². The molecule has 2 N–H and O–H groups in total. The fourth-order valence-corrected chi connectivity index (χ4v) is 2.75. The molecule has 0 unspecified atom stereocenters. The molecular formula is C23H29NO3. The van der Waals surface area contributed by atoms with Crippen LogP contribution in [0.5, 0.6) is 11.5 Å². The van der Waals surface area contributed by atoms with Crippen LogP contribution in [0.2, 0.25) is 0 Å². The summed E-state index contributed by atoms with van der Waals surface area (Å²) in [7, 11) is 0. The van der Waals surface area contributed by atoms with Crippen molar-refractivity contribution in [2.24, 2.45) is 0 Å². The lowest BCUT2D eigenvalue weighted by molar-refractivity contribution is 0.0953. The maximum absolute atomic E-state index is 12.5. The van der Waals surface area contributed by atoms with Gasteiger partial charge >= 0.3 is 0 Å². The van der Waals surface area contributed by atoms with Crippen LogP contribution in [0, 0.1) is 0 Å². The number of phenolic OH excluding ortho intramolecular Hbond substituents is 1. The highest BCUT2D eigenvalue weighted by atomic mass is 16.5. The Morgan fingerprint density at radius 1 is 1.15 bits per heavy atom. The minimum absolute atomic E-state index is 0.125. The summed E-state index contributed by atoms with van der Waals surface area (Å²) in [6.45, 7) is 9.25. The van der Waals surface area contributed by atoms with E-state index in [1.807, 2.05) is 25.1 Å². The van der Waals surface area contributed by atoms with E-state index >= 15 is 0 Å². The number of carbonyl (C=O) groups is 1. The van der Waals surface area contributed by atoms with Gasteiger partial charge in [0.25, 0.3) is 5.91 Å². The van der Waals surface area contributed by atoms with Crippen LogP contribution >= 0.6 is 0 Å². The largest absolute Gasteiger partial charge is 0.508 e. The van der Waals surface area contributed by atoms with Gasteiger partial charge < -0.3 is 15.2 Å². The van der Waals surface area contributed by atoms with Gasteiger partial charge in [0.15, 0.2) is 0 Å². The highest BCUT2D eigenvalue weighted by molar-refractivity contribution is 5.95. The molecule has 0 saturated carbocycles. The predicted molar refractivity (Wildman–Crippen MR) is 110 cm³/mol. The number of aromatic hydroxyl groups is 1. The van der Waals surface area contributed by atoms with E-state index in [2.05, 4.69) is 18.8 Å². The molecule has 0 aromatic heterocycles. The molecule has 0 atom stereocenters. The molecule has 4 heteroatoms. The molecule has 27 heavy (non-hydrogen) atoms. The summed E-state index contributed by atoms with van der Waals surface area (Å²) in [6.07, 6.45) is 3.96. The van der Waals surface area contributed by atoms with Crippen LogP contribution < -0.4 is 10.1 Å². The van der Waals surface area contributed by atoms with Crippen molar-refractivity contribution in [3.05, 3.63) is 65.7 Å². The molecule has 2 aromatic carbocycles. The monoisotopic (exact) mass is 367 g/mol. The molecule has 0 radical (unpaired) electrons. The van der Waals surface area contributed by atoms with Gasteiger partial charge in [-0.25, -0.2) is 0 Å². The van der Waals surface area contributed by atoms with E-state index in [4.69, 9.17) is 4.74 Å². The zero-order chi connectivity index (χ0) is 19.6. The van der Waals surface area contributed by atoms with E-state index in [0.29, 0.717) is 30.9 Å². The molecule has 0 heterocycles. The molecule has 4 nitrogen and oxygen atoms in total. The molecule has 0 fully saturated rings. The van der Waals surface area contributed by atoms with Gasteiger partial charge in [-0.05, 0) is 55.2 Å². The van der Waals surface area contributed by atoms with Crippen LogP contribution in [0.3, 0.4) is 0 Å². The number of carbonyl (C=O) groups excluding carboxylic acids is 1. The zero-order valence-corrected chi connectivity index (χ0v) is 16.3. The standard InChI is InChI=1S/C23H29NO3/c1-4-5-6-15-27-22-16-19(9-12-21(22)17(2)3)23(26)24-14-13-18-7-10-20(25)11-8-18/h7-12,16,25H,2,4-6,13-15H2,1,3H3,(H,24,26). The first-order chi connectivity index (χ1) is 13.0. The van der Waals surface area contributed by atoms with Crippen molar-refractivity contribution in [3.8, 4) is 11.5 Å². The van der Waals surface area contributed by atoms with E-state index in [-0.39, 0.29) is 11.7 Å². The van der Waals surface area contributed by atoms with Crippen LogP contribution in [0.4, 0.5) is 0 Å². The molecule has 2 aromatic rings. The van der Waals surface area contributed by atoms with Gasteiger partial charge in [-0.3, -0.25) is 4.79 Å². The lowest BCUT2D eigenvalue weighted by Crippen LogP contribution is -2.25. The number of nitrogens with one attached hydrogen (secondary N) is 1. The normalized spacial score (nSPS) is 10.4. The van der Waals surface area contributed by atoms with E-state index in [1.165, 1.54) is 0 Å². The SMILES string of the molecule is C=C(C)c1ccc(C(=O)NCCc2ccc(O)cc2)cc1OCCCCC. The van der Waals surface area contributed by atoms with Crippen molar-refractivity contribution in [2.45, 2.75) is 39.5 Å². The number of phenols is 1. The summed E-state index contributed by atoms with van der Waals surface area (Å²) < 4.78 is 5.91. The fraction of sp³-hybridized carbons (Fsp3) is 0.348. The quantitative estimate of drug-likeness (QED) is 0.583. The number of unbranched alkanes of at least 4 members (excludes halogenated alkanes) is 2. The van der Waals surface area contributed by atoms with Gasteiger partial charge in [0.05, 0.1) is 6.61 Å². The third-order valence-electron chi connectivity index (χ3n) is 4.34. The van der Waals surface area contributed by atoms with Gasteiger partial charge in [0, 0.05) is 17.7 Å². The Morgan fingerprint density at radius 2 is 1.89 bits per heavy atom. The Kier molecular flexibility index (Phi) is 7.93. The summed E-state index contributed by atoms with van der Waals surface area (Å²) in [5, 5.41) is 12.2. The van der Waals surface area contributed by atoms with Crippen molar-refractivity contribution in [1.82, 2.24) is 5.32 Å². The van der Waals surface area contributed by atoms with Gasteiger partial charge in [-0.1, -0.05) is 44.5 Å². The number of rotatable bonds is 10. The second-order valence-corrected chi connectivity index (χ2v) is 6.72. The molecule has 0 aliphatic heterocycles. The first-order valence-corrected chi connectivity index (χ1v) is 9.50. The van der Waals surface area contributed by atoms with E-state index < -0.39 is 0 Å². The molecule has 0 bridgehead atoms. The van der Waals surface area contributed by atoms with E-state index in [0.717, 1.165) is 36.0 Å². The van der Waals surface area contributed by atoms with Crippen LogP contribution in [-0.2, 0) is 6.42 Å². The number of benzene rings is 2. The van der Waals surface area contributed by atoms with Crippen molar-refractivity contribution in [1.29, 1.82) is 0 Å². The Balaban J connectivity index is 1.97. The molecule has 0 aliphatic rings. The van der Waals surface area contributed by atoms with E-state index in [9.17, 15) is 9.90 Å². The average molecular weight is 367 g/mol. The van der Waals surface area contributed by atoms with Crippen LogP contribution in [-0.4, -0.2) is 24.2 Å². The Bertz CT molecular complexity index is 766. The summed E-state index contributed by atoms with van der Waals surface area (Å²) in [5.74, 6) is 0.831. The molecule has 0 aliphatic carbocycles. The fourth-order valence-electron chi connectivity index (χ4n) is 2.75. The summed E-state index contributed by atoms with van der Waals surface area (Å²) in [4.78, 5) is 12.5. The first-order valence-electron chi connectivity index (χ1n) is 9.50. The highest BCUT2D eigenvalue weighted by Crippen LogP contribution is 2.26. The molecule has 0 saturated heterocycles. The van der Waals surface area contributed by atoms with Crippen LogP contribution in [0.15, 0.2) is 49.0 Å². The smallest absolute Gasteiger partial charge is 0.251 e. The lowest BCUT2D eigenvalue weighted by atomic mass is 10.0. The number of hydrogen-bond donors (Lipinski definition) is 2. The topological polar surface area (TPSA) is 58.6 Å². The number of allylic oxidation sites excluding steroid dienone is 1. The number of hydrogen-bond acceptors (Lipinski definition) is 3. The molecule has 144 valence electrons. The van der Waals surface area contributed by atoms with Crippen LogP contribution in [0.1, 0.15) is 54.6 Å². The lowest BCUT2D eigenvalue weighted by Gasteiger charge is -2.13. The molecular weight excluding hydrogens is 338 g/mol. The molecule has 1 amide bonds.